The quantitative estimate of drug-likeness (QED) is 0.940. The zero-order valence-corrected chi connectivity index (χ0v) is 12.8. The number of benzene rings is 1. The molecule has 112 valence electrons. The maximum absolute atomic E-state index is 14.1. The van der Waals surface area contributed by atoms with Crippen LogP contribution in [0.4, 0.5) is 4.39 Å². The number of ether oxygens (including phenoxy) is 1. The Balaban J connectivity index is 2.05. The van der Waals surface area contributed by atoms with Gasteiger partial charge >= 0.3 is 0 Å². The van der Waals surface area contributed by atoms with Gasteiger partial charge in [-0.2, -0.15) is 11.3 Å². The predicted molar refractivity (Wildman–Crippen MR) is 83.6 cm³/mol. The molecule has 21 heavy (non-hydrogen) atoms. The molecule has 5 heteroatoms. The van der Waals surface area contributed by atoms with Crippen molar-refractivity contribution in [1.82, 2.24) is 10.2 Å². The van der Waals surface area contributed by atoms with Crippen LogP contribution in [0.25, 0.3) is 0 Å². The highest BCUT2D eigenvalue weighted by atomic mass is 32.1. The summed E-state index contributed by atoms with van der Waals surface area (Å²) in [4.78, 5) is 2.38. The van der Waals surface area contributed by atoms with Crippen molar-refractivity contribution < 1.29 is 9.13 Å². The van der Waals surface area contributed by atoms with E-state index in [-0.39, 0.29) is 11.9 Å². The first-order valence-electron chi connectivity index (χ1n) is 7.10. The molecule has 0 spiro atoms. The predicted octanol–water partition coefficient (Wildman–Crippen LogP) is 2.89. The van der Waals surface area contributed by atoms with E-state index in [9.17, 15) is 4.39 Å². The Morgan fingerprint density at radius 1 is 1.29 bits per heavy atom. The second-order valence-corrected chi connectivity index (χ2v) is 5.89. The molecule has 1 saturated heterocycles. The summed E-state index contributed by atoms with van der Waals surface area (Å²) in [5, 5.41) is 7.56. The van der Waals surface area contributed by atoms with Crippen LogP contribution in [-0.4, -0.2) is 38.2 Å². The fourth-order valence-electron chi connectivity index (χ4n) is 2.91. The molecule has 0 saturated carbocycles. The van der Waals surface area contributed by atoms with Crippen LogP contribution in [-0.2, 0) is 0 Å². The standard InChI is InChI=1S/C16H19FN2OS/c1-20-16-13(3-2-4-14(16)17)15(12-5-10-21-11-12)19-8-6-18-7-9-19/h2-5,10-11,15,18H,6-9H2,1H3/t15-/m1/s1. The lowest BCUT2D eigenvalue weighted by atomic mass is 9.97. The molecule has 1 aliphatic rings. The lowest BCUT2D eigenvalue weighted by Crippen LogP contribution is -2.45. The van der Waals surface area contributed by atoms with Gasteiger partial charge in [-0.15, -0.1) is 0 Å². The third-order valence-corrected chi connectivity index (χ3v) is 4.57. The third-order valence-electron chi connectivity index (χ3n) is 3.87. The molecule has 1 aliphatic heterocycles. The monoisotopic (exact) mass is 306 g/mol. The van der Waals surface area contributed by atoms with E-state index in [1.54, 1.807) is 17.4 Å². The van der Waals surface area contributed by atoms with Crippen molar-refractivity contribution in [3.05, 3.63) is 52.0 Å². The number of nitrogens with one attached hydrogen (secondary N) is 1. The van der Waals surface area contributed by atoms with Crippen molar-refractivity contribution in [1.29, 1.82) is 0 Å². The Morgan fingerprint density at radius 2 is 2.10 bits per heavy atom. The highest BCUT2D eigenvalue weighted by Crippen LogP contribution is 2.37. The summed E-state index contributed by atoms with van der Waals surface area (Å²) in [6.45, 7) is 3.80. The minimum atomic E-state index is -0.301. The minimum absolute atomic E-state index is 0.0454. The van der Waals surface area contributed by atoms with Gasteiger partial charge in [0.25, 0.3) is 0 Å². The third kappa shape index (κ3) is 2.95. The Morgan fingerprint density at radius 3 is 2.76 bits per heavy atom. The largest absolute Gasteiger partial charge is 0.493 e. The zero-order chi connectivity index (χ0) is 14.7. The van der Waals surface area contributed by atoms with Gasteiger partial charge in [-0.05, 0) is 28.5 Å². The van der Waals surface area contributed by atoms with Crippen molar-refractivity contribution >= 4 is 11.3 Å². The molecule has 1 aromatic heterocycles. The molecule has 3 rings (SSSR count). The summed E-state index contributed by atoms with van der Waals surface area (Å²) in [7, 11) is 1.53. The van der Waals surface area contributed by atoms with E-state index in [0.29, 0.717) is 5.75 Å². The van der Waals surface area contributed by atoms with E-state index in [2.05, 4.69) is 27.0 Å². The second kappa shape index (κ2) is 6.56. The van der Waals surface area contributed by atoms with E-state index in [4.69, 9.17) is 4.74 Å². The van der Waals surface area contributed by atoms with Crippen molar-refractivity contribution in [2.45, 2.75) is 6.04 Å². The van der Waals surface area contributed by atoms with Gasteiger partial charge in [0.15, 0.2) is 11.6 Å². The summed E-state index contributed by atoms with van der Waals surface area (Å²) in [6.07, 6.45) is 0. The number of rotatable bonds is 4. The normalized spacial score (nSPS) is 17.6. The maximum Gasteiger partial charge on any atom is 0.165 e. The SMILES string of the molecule is COc1c(F)cccc1[C@@H](c1ccsc1)N1CCNCC1. The second-order valence-electron chi connectivity index (χ2n) is 5.11. The molecule has 1 fully saturated rings. The molecule has 0 radical (unpaired) electrons. The Hall–Kier alpha value is -1.43. The van der Waals surface area contributed by atoms with Crippen LogP contribution < -0.4 is 10.1 Å². The first kappa shape index (κ1) is 14.5. The van der Waals surface area contributed by atoms with Gasteiger partial charge < -0.3 is 10.1 Å². The molecule has 1 atom stereocenters. The molecule has 0 amide bonds. The Kier molecular flexibility index (Phi) is 4.53. The molecule has 0 bridgehead atoms. The number of piperazine rings is 1. The molecule has 3 nitrogen and oxygen atoms in total. The molecule has 2 aromatic rings. The number of halogens is 1. The van der Waals surface area contributed by atoms with E-state index in [1.165, 1.54) is 18.7 Å². The number of nitrogens with zero attached hydrogens (tertiary/aromatic N) is 1. The van der Waals surface area contributed by atoms with Crippen molar-refractivity contribution in [2.24, 2.45) is 0 Å². The van der Waals surface area contributed by atoms with Crippen LogP contribution in [0.1, 0.15) is 17.2 Å². The number of para-hydroxylation sites is 1. The lowest BCUT2D eigenvalue weighted by molar-refractivity contribution is 0.195. The average Bonchev–Trinajstić information content (AvgIpc) is 3.03. The number of hydrogen-bond acceptors (Lipinski definition) is 4. The fourth-order valence-corrected chi connectivity index (χ4v) is 3.59. The molecule has 1 N–H and O–H groups in total. The van der Waals surface area contributed by atoms with Crippen LogP contribution in [0, 0.1) is 5.82 Å². The zero-order valence-electron chi connectivity index (χ0n) is 12.0. The highest BCUT2D eigenvalue weighted by molar-refractivity contribution is 7.08. The van der Waals surface area contributed by atoms with Gasteiger partial charge in [-0.3, -0.25) is 4.90 Å². The van der Waals surface area contributed by atoms with Crippen molar-refractivity contribution in [3.8, 4) is 5.75 Å². The Bertz CT molecular complexity index is 582. The van der Waals surface area contributed by atoms with Crippen LogP contribution in [0.5, 0.6) is 5.75 Å². The molecule has 0 unspecified atom stereocenters. The molecule has 0 aliphatic carbocycles. The van der Waals surface area contributed by atoms with E-state index in [0.717, 1.165) is 31.7 Å². The van der Waals surface area contributed by atoms with Crippen LogP contribution >= 0.6 is 11.3 Å². The van der Waals surface area contributed by atoms with Crippen LogP contribution in [0.3, 0.4) is 0 Å². The van der Waals surface area contributed by atoms with Crippen LogP contribution in [0.2, 0.25) is 0 Å². The summed E-state index contributed by atoms with van der Waals surface area (Å²) >= 11 is 1.67. The topological polar surface area (TPSA) is 24.5 Å². The van der Waals surface area contributed by atoms with Gasteiger partial charge in [0.05, 0.1) is 13.2 Å². The molecular formula is C16H19FN2OS. The summed E-state index contributed by atoms with van der Waals surface area (Å²) < 4.78 is 19.4. The summed E-state index contributed by atoms with van der Waals surface area (Å²) in [5.74, 6) is 0.0533. The smallest absolute Gasteiger partial charge is 0.165 e. The highest BCUT2D eigenvalue weighted by Gasteiger charge is 2.27. The van der Waals surface area contributed by atoms with Crippen molar-refractivity contribution in [2.75, 3.05) is 33.3 Å². The summed E-state index contributed by atoms with van der Waals surface area (Å²) in [6, 6.07) is 7.33. The van der Waals surface area contributed by atoms with Gasteiger partial charge in [-0.1, -0.05) is 12.1 Å². The van der Waals surface area contributed by atoms with Gasteiger partial charge in [0, 0.05) is 31.7 Å². The number of methoxy groups -OCH3 is 1. The van der Waals surface area contributed by atoms with E-state index in [1.807, 2.05) is 6.07 Å². The van der Waals surface area contributed by atoms with E-state index >= 15 is 0 Å². The van der Waals surface area contributed by atoms with Gasteiger partial charge in [0.2, 0.25) is 0 Å². The van der Waals surface area contributed by atoms with Gasteiger partial charge in [0.1, 0.15) is 0 Å². The fraction of sp³-hybridized carbons (Fsp3) is 0.375. The Labute approximate surface area is 128 Å². The number of thiophene rings is 1. The molecule has 2 heterocycles. The van der Waals surface area contributed by atoms with Crippen LogP contribution in [0.15, 0.2) is 35.0 Å². The summed E-state index contributed by atoms with van der Waals surface area (Å²) in [5.41, 5.74) is 2.10. The van der Waals surface area contributed by atoms with Gasteiger partial charge in [-0.25, -0.2) is 4.39 Å². The lowest BCUT2D eigenvalue weighted by Gasteiger charge is -2.35. The number of hydrogen-bond donors (Lipinski definition) is 1. The maximum atomic E-state index is 14.1. The molecule has 1 aromatic carbocycles. The first-order valence-corrected chi connectivity index (χ1v) is 8.05. The minimum Gasteiger partial charge on any atom is -0.493 e. The first-order chi connectivity index (χ1) is 10.3. The molecular weight excluding hydrogens is 287 g/mol. The van der Waals surface area contributed by atoms with Crippen molar-refractivity contribution in [3.63, 3.8) is 0 Å². The van der Waals surface area contributed by atoms with E-state index < -0.39 is 0 Å². The average molecular weight is 306 g/mol.